The van der Waals surface area contributed by atoms with E-state index in [9.17, 15) is 28.3 Å². The first kappa shape index (κ1) is 32.1. The Hall–Kier alpha value is -3.79. The predicted molar refractivity (Wildman–Crippen MR) is 158 cm³/mol. The Labute approximate surface area is 254 Å². The van der Waals surface area contributed by atoms with Crippen molar-refractivity contribution >= 4 is 50.8 Å². The molecule has 0 spiro atoms. The van der Waals surface area contributed by atoms with Crippen LogP contribution in [0.2, 0.25) is 0 Å². The zero-order valence-corrected chi connectivity index (χ0v) is 25.1. The van der Waals surface area contributed by atoms with E-state index < -0.39 is 34.7 Å². The van der Waals surface area contributed by atoms with Crippen LogP contribution in [-0.2, 0) is 27.3 Å². The second-order valence-electron chi connectivity index (χ2n) is 10.2. The molecule has 1 aromatic carbocycles. The number of carbonyl (C=O) groups excluding carboxylic acids is 3. The van der Waals surface area contributed by atoms with Crippen molar-refractivity contribution < 1.29 is 33.6 Å². The minimum absolute atomic E-state index is 0.0601. The van der Waals surface area contributed by atoms with Gasteiger partial charge in [-0.05, 0) is 44.4 Å². The molecule has 1 aliphatic carbocycles. The van der Waals surface area contributed by atoms with Crippen molar-refractivity contribution in [2.24, 2.45) is 5.92 Å². The molecule has 4 rings (SSSR count). The highest BCUT2D eigenvalue weighted by Crippen LogP contribution is 2.35. The summed E-state index contributed by atoms with van der Waals surface area (Å²) in [6, 6.07) is 2.97. The number of aromatic nitrogens is 1. The van der Waals surface area contributed by atoms with Crippen LogP contribution in [-0.4, -0.2) is 62.4 Å². The van der Waals surface area contributed by atoms with Crippen molar-refractivity contribution in [3.05, 3.63) is 75.2 Å². The average Bonchev–Trinajstić information content (AvgIpc) is 3.52. The predicted octanol–water partition coefficient (Wildman–Crippen LogP) is 2.33. The summed E-state index contributed by atoms with van der Waals surface area (Å²) in [5.74, 6) is -4.24. The number of hydrogen-bond donors (Lipinski definition) is 6. The van der Waals surface area contributed by atoms with Crippen LogP contribution in [0.4, 0.5) is 8.78 Å². The highest BCUT2D eigenvalue weighted by Gasteiger charge is 2.44. The number of likely N-dealkylation sites (N-methyl/N-ethyl adjacent to an activating group) is 1. The molecule has 43 heavy (non-hydrogen) atoms. The number of hydrogen-bond acceptors (Lipinski definition) is 10. The fourth-order valence-corrected chi connectivity index (χ4v) is 6.39. The molecule has 0 saturated heterocycles. The monoisotopic (exact) mass is 632 g/mol. The molecule has 1 fully saturated rings. The summed E-state index contributed by atoms with van der Waals surface area (Å²) in [5.41, 5.74) is 0.487. The third-order valence-electron chi connectivity index (χ3n) is 7.71. The second-order valence-corrected chi connectivity index (χ2v) is 12.3. The van der Waals surface area contributed by atoms with E-state index in [1.807, 2.05) is 0 Å². The Morgan fingerprint density at radius 3 is 2.63 bits per heavy atom. The lowest BCUT2D eigenvalue weighted by molar-refractivity contribution is -0.532. The molecule has 0 atom stereocenters. The number of halogens is 2. The number of thiazole rings is 1. The fourth-order valence-electron chi connectivity index (χ4n) is 5.11. The van der Waals surface area contributed by atoms with Crippen LogP contribution in [0.1, 0.15) is 36.1 Å². The molecule has 228 valence electrons. The SMILES string of the molecule is CNC1(N(C)C(=O)C2=C(O)C(=O)C(C(=N)SC(=N)Cc3ccc(F)cc3F)=C[NH2+]2)CCC(C(=O)NCc2cncs2)CC1. The van der Waals surface area contributed by atoms with Crippen molar-refractivity contribution in [2.45, 2.75) is 44.3 Å². The average molecular weight is 633 g/mol. The largest absolute Gasteiger partial charge is 0.500 e. The summed E-state index contributed by atoms with van der Waals surface area (Å²) < 4.78 is 27.1. The van der Waals surface area contributed by atoms with Gasteiger partial charge in [-0.25, -0.2) is 8.78 Å². The van der Waals surface area contributed by atoms with Crippen molar-refractivity contribution in [1.29, 1.82) is 10.8 Å². The molecule has 0 bridgehead atoms. The van der Waals surface area contributed by atoms with E-state index in [1.54, 1.807) is 25.8 Å². The Kier molecular flexibility index (Phi) is 10.2. The zero-order chi connectivity index (χ0) is 31.3. The molecular weight excluding hydrogens is 600 g/mol. The minimum Gasteiger partial charge on any atom is -0.500 e. The molecule has 2 amide bonds. The van der Waals surface area contributed by atoms with Gasteiger partial charge in [-0.2, -0.15) is 0 Å². The maximum absolute atomic E-state index is 14.0. The molecule has 1 aromatic heterocycles. The molecule has 15 heteroatoms. The first-order chi connectivity index (χ1) is 20.5. The van der Waals surface area contributed by atoms with E-state index in [2.05, 4.69) is 15.6 Å². The lowest BCUT2D eigenvalue weighted by Crippen LogP contribution is -2.81. The molecule has 0 radical (unpaired) electrons. The smallest absolute Gasteiger partial charge is 0.313 e. The molecule has 2 aliphatic rings. The molecule has 2 heterocycles. The first-order valence-electron chi connectivity index (χ1n) is 13.4. The summed E-state index contributed by atoms with van der Waals surface area (Å²) in [7, 11) is 3.27. The first-order valence-corrected chi connectivity index (χ1v) is 15.1. The Balaban J connectivity index is 1.35. The molecule has 2 aromatic rings. The lowest BCUT2D eigenvalue weighted by Gasteiger charge is -2.45. The number of thioether (sulfide) groups is 1. The zero-order valence-electron chi connectivity index (χ0n) is 23.5. The number of nitrogens with one attached hydrogen (secondary N) is 4. The molecule has 0 unspecified atom stereocenters. The van der Waals surface area contributed by atoms with Gasteiger partial charge < -0.3 is 15.3 Å². The summed E-state index contributed by atoms with van der Waals surface area (Å²) in [6.07, 6.45) is 4.69. The number of aliphatic hydroxyl groups excluding tert-OH is 1. The number of nitrogens with two attached hydrogens (primary N) is 1. The Morgan fingerprint density at radius 1 is 1.28 bits per heavy atom. The summed E-state index contributed by atoms with van der Waals surface area (Å²) in [6.45, 7) is 0.409. The van der Waals surface area contributed by atoms with Crippen LogP contribution in [0.3, 0.4) is 0 Å². The van der Waals surface area contributed by atoms with E-state index in [1.165, 1.54) is 33.8 Å². The summed E-state index contributed by atoms with van der Waals surface area (Å²) >= 11 is 2.05. The molecule has 7 N–H and O–H groups in total. The molecular formula is C28H32F2N7O4S2+. The van der Waals surface area contributed by atoms with Crippen LogP contribution in [0, 0.1) is 28.4 Å². The van der Waals surface area contributed by atoms with E-state index >= 15 is 0 Å². The van der Waals surface area contributed by atoms with Crippen molar-refractivity contribution in [3.8, 4) is 0 Å². The number of amides is 2. The van der Waals surface area contributed by atoms with Gasteiger partial charge in [0.1, 0.15) is 28.5 Å². The van der Waals surface area contributed by atoms with E-state index in [4.69, 9.17) is 10.8 Å². The van der Waals surface area contributed by atoms with Gasteiger partial charge in [0.2, 0.25) is 23.1 Å². The lowest BCUT2D eigenvalue weighted by atomic mass is 9.80. The third-order valence-corrected chi connectivity index (χ3v) is 9.31. The number of carbonyl (C=O) groups is 3. The van der Waals surface area contributed by atoms with Crippen LogP contribution < -0.4 is 16.0 Å². The van der Waals surface area contributed by atoms with Crippen LogP contribution in [0.25, 0.3) is 0 Å². The minimum atomic E-state index is -0.947. The van der Waals surface area contributed by atoms with Gasteiger partial charge in [-0.15, -0.1) is 11.3 Å². The quantitative estimate of drug-likeness (QED) is 0.140. The van der Waals surface area contributed by atoms with Gasteiger partial charge in [0.15, 0.2) is 0 Å². The third kappa shape index (κ3) is 7.24. The molecule has 11 nitrogen and oxygen atoms in total. The van der Waals surface area contributed by atoms with Gasteiger partial charge >= 0.3 is 5.91 Å². The van der Waals surface area contributed by atoms with Gasteiger partial charge in [0, 0.05) is 36.5 Å². The van der Waals surface area contributed by atoms with Crippen molar-refractivity contribution in [3.63, 3.8) is 0 Å². The number of nitrogens with zero attached hydrogens (tertiary/aromatic N) is 2. The number of allylic oxidation sites excluding steroid dienone is 1. The molecule has 1 saturated carbocycles. The van der Waals surface area contributed by atoms with Crippen molar-refractivity contribution in [2.75, 3.05) is 14.1 Å². The summed E-state index contributed by atoms with van der Waals surface area (Å²) in [5, 5.41) is 33.9. The highest BCUT2D eigenvalue weighted by molar-refractivity contribution is 8.26. The standard InChI is InChI=1S/C28H31F2N7O4S2/c1-33-28(7-5-15(6-8-28)26(40)36-12-18-11-34-14-42-18)37(2)27(41)22-24(39)23(38)19(13-35-22)25(32)43-21(31)9-16-3-4-17(29)10-20(16)30/h3-4,10-11,13-15,31-33,39H,5-9,12H2,1-2H3,(H,35,38)(H,36,40)/p+1. The van der Waals surface area contributed by atoms with Gasteiger partial charge in [-0.1, -0.05) is 17.8 Å². The van der Waals surface area contributed by atoms with Gasteiger partial charge in [0.25, 0.3) is 0 Å². The Bertz CT molecular complexity index is 1500. The highest BCUT2D eigenvalue weighted by atomic mass is 32.2. The number of rotatable bonds is 9. The summed E-state index contributed by atoms with van der Waals surface area (Å²) in [4.78, 5) is 45.6. The number of Topliss-reactive ketones (excluding diaryl/α,β-unsaturated/α-hetero) is 1. The van der Waals surface area contributed by atoms with Crippen LogP contribution in [0.15, 0.2) is 53.1 Å². The van der Waals surface area contributed by atoms with E-state index in [0.29, 0.717) is 50.1 Å². The number of ketones is 1. The molecule has 1 aliphatic heterocycles. The van der Waals surface area contributed by atoms with Crippen LogP contribution in [0.5, 0.6) is 0 Å². The van der Waals surface area contributed by atoms with Gasteiger partial charge in [0.05, 0.1) is 22.8 Å². The van der Waals surface area contributed by atoms with Crippen molar-refractivity contribution in [1.82, 2.24) is 20.5 Å². The van der Waals surface area contributed by atoms with Crippen LogP contribution >= 0.6 is 23.1 Å². The van der Waals surface area contributed by atoms with E-state index in [-0.39, 0.29) is 45.2 Å². The topological polar surface area (TPSA) is 176 Å². The van der Waals surface area contributed by atoms with Gasteiger partial charge in [-0.3, -0.25) is 40.8 Å². The number of quaternary nitrogens is 1. The van der Waals surface area contributed by atoms with E-state index in [0.717, 1.165) is 10.9 Å². The maximum atomic E-state index is 14.0. The normalized spacial score (nSPS) is 20.4. The Morgan fingerprint density at radius 2 is 2.00 bits per heavy atom. The number of benzene rings is 1. The fraction of sp³-hybridized carbons (Fsp3) is 0.357. The maximum Gasteiger partial charge on any atom is 0.313 e. The second kappa shape index (κ2) is 13.7. The number of aliphatic hydroxyl groups is 1.